The van der Waals surface area contributed by atoms with Crippen molar-refractivity contribution in [1.29, 1.82) is 0 Å². The molecule has 1 aliphatic rings. The number of benzene rings is 1. The molecule has 1 fully saturated rings. The van der Waals surface area contributed by atoms with Gasteiger partial charge in [-0.15, -0.1) is 0 Å². The predicted molar refractivity (Wildman–Crippen MR) is 91.9 cm³/mol. The van der Waals surface area contributed by atoms with Crippen LogP contribution in [0.15, 0.2) is 28.8 Å². The van der Waals surface area contributed by atoms with Crippen LogP contribution in [0.1, 0.15) is 48.9 Å². The van der Waals surface area contributed by atoms with E-state index in [9.17, 15) is 9.90 Å². The lowest BCUT2D eigenvalue weighted by Gasteiger charge is -2.30. The second-order valence-electron chi connectivity index (χ2n) is 6.43. The fourth-order valence-electron chi connectivity index (χ4n) is 2.97. The van der Waals surface area contributed by atoms with Crippen LogP contribution in [0, 0.1) is 5.92 Å². The summed E-state index contributed by atoms with van der Waals surface area (Å²) in [6, 6.07) is 7.07. The number of likely N-dealkylation sites (tertiary alicyclic amines) is 1. The zero-order valence-corrected chi connectivity index (χ0v) is 14.6. The quantitative estimate of drug-likeness (QED) is 0.912. The van der Waals surface area contributed by atoms with Crippen LogP contribution in [0.5, 0.6) is 0 Å². The summed E-state index contributed by atoms with van der Waals surface area (Å²) in [5.74, 6) is 0.705. The zero-order chi connectivity index (χ0) is 17.3. The third-order valence-corrected chi connectivity index (χ3v) is 4.75. The maximum atomic E-state index is 13.0. The molecular weight excluding hydrogens is 328 g/mol. The molecule has 1 N–H and O–H groups in total. The highest BCUT2D eigenvalue weighted by atomic mass is 35.5. The van der Waals surface area contributed by atoms with Crippen molar-refractivity contribution in [3.8, 4) is 11.3 Å². The van der Waals surface area contributed by atoms with E-state index in [1.54, 1.807) is 31.2 Å². The van der Waals surface area contributed by atoms with Crippen LogP contribution in [-0.2, 0) is 0 Å². The number of halogens is 1. The van der Waals surface area contributed by atoms with E-state index < -0.39 is 6.10 Å². The van der Waals surface area contributed by atoms with Gasteiger partial charge >= 0.3 is 0 Å². The predicted octanol–water partition coefficient (Wildman–Crippen LogP) is 3.92. The molecule has 1 atom stereocenters. The lowest BCUT2D eigenvalue weighted by molar-refractivity contribution is 0.0686. The molecule has 1 aromatic carbocycles. The Morgan fingerprint density at radius 1 is 1.33 bits per heavy atom. The average molecular weight is 349 g/mol. The minimum absolute atomic E-state index is 0.135. The van der Waals surface area contributed by atoms with E-state index in [0.29, 0.717) is 35.3 Å². The summed E-state index contributed by atoms with van der Waals surface area (Å²) in [5, 5.41) is 14.6. The Labute approximate surface area is 146 Å². The van der Waals surface area contributed by atoms with Gasteiger partial charge in [0.05, 0.1) is 0 Å². The Bertz CT molecular complexity index is 716. The summed E-state index contributed by atoms with van der Waals surface area (Å²) in [6.45, 7) is 5.19. The fourth-order valence-corrected chi connectivity index (χ4v) is 3.10. The smallest absolute Gasteiger partial charge is 0.259 e. The Morgan fingerprint density at radius 2 is 1.96 bits per heavy atom. The maximum Gasteiger partial charge on any atom is 0.259 e. The van der Waals surface area contributed by atoms with Crippen molar-refractivity contribution in [2.45, 2.75) is 32.8 Å². The minimum Gasteiger partial charge on any atom is -0.385 e. The minimum atomic E-state index is -0.902. The van der Waals surface area contributed by atoms with Crippen LogP contribution in [-0.4, -0.2) is 34.2 Å². The number of carbonyl (C=O) groups is 1. The first-order chi connectivity index (χ1) is 11.5. The molecule has 1 aromatic heterocycles. The molecule has 128 valence electrons. The van der Waals surface area contributed by atoms with Crippen molar-refractivity contribution in [2.24, 2.45) is 5.92 Å². The van der Waals surface area contributed by atoms with Gasteiger partial charge in [0, 0.05) is 23.7 Å². The number of hydrogen-bond donors (Lipinski definition) is 1. The van der Waals surface area contributed by atoms with Crippen LogP contribution in [0.25, 0.3) is 11.3 Å². The molecule has 0 spiro atoms. The Morgan fingerprint density at radius 3 is 2.54 bits per heavy atom. The van der Waals surface area contributed by atoms with Gasteiger partial charge in [0.1, 0.15) is 17.4 Å². The van der Waals surface area contributed by atoms with Gasteiger partial charge in [-0.2, -0.15) is 0 Å². The number of nitrogens with zero attached hydrogens (tertiary/aromatic N) is 2. The van der Waals surface area contributed by atoms with Crippen LogP contribution in [0.4, 0.5) is 0 Å². The van der Waals surface area contributed by atoms with Gasteiger partial charge in [-0.1, -0.05) is 35.8 Å². The third-order valence-electron chi connectivity index (χ3n) is 4.50. The molecule has 1 amide bonds. The second kappa shape index (κ2) is 6.95. The molecule has 2 aromatic rings. The number of hydrogen-bond acceptors (Lipinski definition) is 4. The van der Waals surface area contributed by atoms with E-state index in [0.717, 1.165) is 18.4 Å². The van der Waals surface area contributed by atoms with E-state index in [1.807, 2.05) is 4.90 Å². The molecule has 1 aliphatic heterocycles. The monoisotopic (exact) mass is 348 g/mol. The van der Waals surface area contributed by atoms with Gasteiger partial charge in [0.25, 0.3) is 5.91 Å². The highest BCUT2D eigenvalue weighted by molar-refractivity contribution is 6.30. The second-order valence-corrected chi connectivity index (χ2v) is 6.86. The number of piperidine rings is 1. The molecule has 0 radical (unpaired) electrons. The summed E-state index contributed by atoms with van der Waals surface area (Å²) >= 11 is 5.93. The van der Waals surface area contributed by atoms with Crippen LogP contribution in [0.2, 0.25) is 5.02 Å². The number of amides is 1. The number of aliphatic hydroxyl groups excluding tert-OH is 1. The molecule has 2 heterocycles. The highest BCUT2D eigenvalue weighted by Crippen LogP contribution is 2.32. The van der Waals surface area contributed by atoms with E-state index >= 15 is 0 Å². The van der Waals surface area contributed by atoms with Crippen molar-refractivity contribution in [1.82, 2.24) is 10.1 Å². The average Bonchev–Trinajstić information content (AvgIpc) is 3.01. The summed E-state index contributed by atoms with van der Waals surface area (Å²) in [6.07, 6.45) is 1.07. The van der Waals surface area contributed by atoms with Gasteiger partial charge in [0.2, 0.25) is 0 Å². The topological polar surface area (TPSA) is 66.6 Å². The SMILES string of the molecule is CC1CCN(C(=O)c2c(-c3ccc(Cl)cc3)noc2C(C)O)CC1. The molecule has 5 nitrogen and oxygen atoms in total. The summed E-state index contributed by atoms with van der Waals surface area (Å²) in [4.78, 5) is 14.9. The van der Waals surface area contributed by atoms with E-state index in [2.05, 4.69) is 12.1 Å². The molecule has 0 saturated carbocycles. The summed E-state index contributed by atoms with van der Waals surface area (Å²) in [7, 11) is 0. The third kappa shape index (κ3) is 3.32. The first-order valence-electron chi connectivity index (χ1n) is 8.20. The van der Waals surface area contributed by atoms with Crippen molar-refractivity contribution >= 4 is 17.5 Å². The Balaban J connectivity index is 1.99. The first kappa shape index (κ1) is 17.0. The van der Waals surface area contributed by atoms with Gasteiger partial charge in [-0.3, -0.25) is 4.79 Å². The Kier molecular flexibility index (Phi) is 4.92. The summed E-state index contributed by atoms with van der Waals surface area (Å²) in [5.41, 5.74) is 1.54. The molecule has 1 unspecified atom stereocenters. The van der Waals surface area contributed by atoms with Crippen LogP contribution < -0.4 is 0 Å². The van der Waals surface area contributed by atoms with Gasteiger partial charge in [-0.25, -0.2) is 0 Å². The number of aliphatic hydroxyl groups is 1. The van der Waals surface area contributed by atoms with Crippen molar-refractivity contribution in [2.75, 3.05) is 13.1 Å². The fraction of sp³-hybridized carbons (Fsp3) is 0.444. The van der Waals surface area contributed by atoms with Crippen molar-refractivity contribution in [3.63, 3.8) is 0 Å². The van der Waals surface area contributed by atoms with Crippen LogP contribution in [0.3, 0.4) is 0 Å². The molecule has 0 bridgehead atoms. The van der Waals surface area contributed by atoms with Gasteiger partial charge in [0.15, 0.2) is 5.76 Å². The van der Waals surface area contributed by atoms with E-state index in [-0.39, 0.29) is 11.7 Å². The van der Waals surface area contributed by atoms with Gasteiger partial charge < -0.3 is 14.5 Å². The van der Waals surface area contributed by atoms with Gasteiger partial charge in [-0.05, 0) is 37.8 Å². The maximum absolute atomic E-state index is 13.0. The Hall–Kier alpha value is -1.85. The van der Waals surface area contributed by atoms with E-state index in [1.165, 1.54) is 0 Å². The zero-order valence-electron chi connectivity index (χ0n) is 13.8. The largest absolute Gasteiger partial charge is 0.385 e. The van der Waals surface area contributed by atoms with Crippen LogP contribution >= 0.6 is 11.6 Å². The number of rotatable bonds is 3. The first-order valence-corrected chi connectivity index (χ1v) is 8.58. The highest BCUT2D eigenvalue weighted by Gasteiger charge is 2.31. The molecule has 6 heteroatoms. The van der Waals surface area contributed by atoms with Crippen molar-refractivity contribution < 1.29 is 14.4 Å². The molecule has 3 rings (SSSR count). The lowest BCUT2D eigenvalue weighted by Crippen LogP contribution is -2.38. The molecular formula is C18H21ClN2O3. The molecule has 24 heavy (non-hydrogen) atoms. The van der Waals surface area contributed by atoms with E-state index in [4.69, 9.17) is 16.1 Å². The molecule has 0 aliphatic carbocycles. The lowest BCUT2D eigenvalue weighted by atomic mass is 9.97. The number of carbonyl (C=O) groups excluding carboxylic acids is 1. The normalized spacial score (nSPS) is 17.1. The molecule has 1 saturated heterocycles. The summed E-state index contributed by atoms with van der Waals surface area (Å²) < 4.78 is 5.29. The standard InChI is InChI=1S/C18H21ClN2O3/c1-11-7-9-21(10-8-11)18(23)15-16(20-24-17(15)12(2)22)13-3-5-14(19)6-4-13/h3-6,11-12,22H,7-10H2,1-2H3. The van der Waals surface area contributed by atoms with Crippen molar-refractivity contribution in [3.05, 3.63) is 40.6 Å². The number of aromatic nitrogens is 1.